The number of nitrogens with zero attached hydrogens (tertiary/aromatic N) is 9. The molecule has 26 heavy (non-hydrogen) atoms. The van der Waals surface area contributed by atoms with E-state index in [9.17, 15) is 0 Å². The van der Waals surface area contributed by atoms with Crippen molar-refractivity contribution in [1.82, 2.24) is 0 Å². The summed E-state index contributed by atoms with van der Waals surface area (Å²) < 4.78 is 11.4. The van der Waals surface area contributed by atoms with E-state index in [-0.39, 0.29) is 18.5 Å². The van der Waals surface area contributed by atoms with Gasteiger partial charge in [-0.15, -0.1) is 0 Å². The van der Waals surface area contributed by atoms with Crippen LogP contribution in [0.1, 0.15) is 40.0 Å². The standard InChI is InChI=1S/C15H29N9O2/c1-4-14(5-2,9-19-22-16)12-25-7-8-26-13-15(6-3,10-20-23-17)11-21-24-18/h4-13H2,1-3H3. The third kappa shape index (κ3) is 8.80. The monoisotopic (exact) mass is 367 g/mol. The smallest absolute Gasteiger partial charge is 0.0700 e. The third-order valence-corrected chi connectivity index (χ3v) is 4.85. The normalized spacial score (nSPS) is 13.0. The number of hydrogen-bond acceptors (Lipinski definition) is 5. The first-order chi connectivity index (χ1) is 12.6. The summed E-state index contributed by atoms with van der Waals surface area (Å²) in [5, 5.41) is 10.9. The molecule has 0 saturated heterocycles. The predicted octanol–water partition coefficient (Wildman–Crippen LogP) is 5.15. The van der Waals surface area contributed by atoms with Gasteiger partial charge in [-0.3, -0.25) is 0 Å². The van der Waals surface area contributed by atoms with Gasteiger partial charge in [0.1, 0.15) is 0 Å². The fraction of sp³-hybridized carbons (Fsp3) is 1.00. The largest absolute Gasteiger partial charge is 0.378 e. The van der Waals surface area contributed by atoms with Gasteiger partial charge in [0.2, 0.25) is 0 Å². The van der Waals surface area contributed by atoms with E-state index < -0.39 is 5.41 Å². The van der Waals surface area contributed by atoms with Crippen LogP contribution < -0.4 is 0 Å². The van der Waals surface area contributed by atoms with Gasteiger partial charge in [0.05, 0.1) is 26.4 Å². The van der Waals surface area contributed by atoms with Crippen LogP contribution in [0.25, 0.3) is 31.3 Å². The fourth-order valence-electron chi connectivity index (χ4n) is 2.43. The second-order valence-corrected chi connectivity index (χ2v) is 6.33. The minimum Gasteiger partial charge on any atom is -0.378 e. The Kier molecular flexibility index (Phi) is 12.9. The van der Waals surface area contributed by atoms with Gasteiger partial charge >= 0.3 is 0 Å². The second-order valence-electron chi connectivity index (χ2n) is 6.33. The van der Waals surface area contributed by atoms with Crippen molar-refractivity contribution in [3.63, 3.8) is 0 Å². The van der Waals surface area contributed by atoms with Crippen LogP contribution in [0.4, 0.5) is 0 Å². The SMILES string of the molecule is CCC(CC)(CN=[N+]=[N-])COCCOCC(CC)(CN=[N+]=[N-])CN=[N+]=[N-]. The highest BCUT2D eigenvalue weighted by Gasteiger charge is 2.28. The molecule has 0 saturated carbocycles. The van der Waals surface area contributed by atoms with Gasteiger partial charge in [-0.2, -0.15) is 0 Å². The van der Waals surface area contributed by atoms with Crippen molar-refractivity contribution in [3.8, 4) is 0 Å². The molecule has 0 aliphatic heterocycles. The molecule has 11 nitrogen and oxygen atoms in total. The first-order valence-electron chi connectivity index (χ1n) is 8.75. The molecule has 0 aliphatic rings. The van der Waals surface area contributed by atoms with Gasteiger partial charge in [0, 0.05) is 39.8 Å². The molecule has 0 amide bonds. The molecule has 0 fully saturated rings. The Hall–Kier alpha value is -2.15. The van der Waals surface area contributed by atoms with E-state index in [1.165, 1.54) is 0 Å². The summed E-state index contributed by atoms with van der Waals surface area (Å²) in [5.41, 5.74) is 25.0. The molecule has 0 atom stereocenters. The van der Waals surface area contributed by atoms with Crippen LogP contribution in [-0.4, -0.2) is 46.1 Å². The van der Waals surface area contributed by atoms with Crippen LogP contribution in [0.5, 0.6) is 0 Å². The van der Waals surface area contributed by atoms with E-state index in [2.05, 4.69) is 43.9 Å². The van der Waals surface area contributed by atoms with Crippen molar-refractivity contribution >= 4 is 0 Å². The summed E-state index contributed by atoms with van der Waals surface area (Å²) in [5.74, 6) is 0. The van der Waals surface area contributed by atoms with Gasteiger partial charge in [-0.05, 0) is 41.3 Å². The van der Waals surface area contributed by atoms with Gasteiger partial charge in [-0.25, -0.2) is 0 Å². The summed E-state index contributed by atoms with van der Waals surface area (Å²) >= 11 is 0. The summed E-state index contributed by atoms with van der Waals surface area (Å²) in [6, 6.07) is 0. The predicted molar refractivity (Wildman–Crippen MR) is 99.4 cm³/mol. The lowest BCUT2D eigenvalue weighted by Gasteiger charge is -2.30. The van der Waals surface area contributed by atoms with Crippen LogP contribution in [-0.2, 0) is 9.47 Å². The molecule has 0 aromatic heterocycles. The van der Waals surface area contributed by atoms with Crippen LogP contribution in [0.3, 0.4) is 0 Å². The van der Waals surface area contributed by atoms with Crippen LogP contribution >= 0.6 is 0 Å². The topological polar surface area (TPSA) is 165 Å². The molecule has 0 N–H and O–H groups in total. The molecule has 0 aliphatic carbocycles. The average Bonchev–Trinajstić information content (AvgIpc) is 2.69. The zero-order valence-corrected chi connectivity index (χ0v) is 15.9. The maximum atomic E-state index is 8.54. The summed E-state index contributed by atoms with van der Waals surface area (Å²) in [7, 11) is 0. The number of ether oxygens (including phenoxy) is 2. The molecule has 0 bridgehead atoms. The molecule has 146 valence electrons. The first kappa shape index (κ1) is 23.9. The van der Waals surface area contributed by atoms with E-state index in [1.54, 1.807) is 0 Å². The quantitative estimate of drug-likeness (QED) is 0.159. The zero-order valence-electron chi connectivity index (χ0n) is 15.9. The van der Waals surface area contributed by atoms with E-state index in [4.69, 9.17) is 26.1 Å². The van der Waals surface area contributed by atoms with E-state index in [0.29, 0.717) is 39.4 Å². The first-order valence-corrected chi connectivity index (χ1v) is 8.75. The van der Waals surface area contributed by atoms with Crippen LogP contribution in [0.2, 0.25) is 0 Å². The number of hydrogen-bond donors (Lipinski definition) is 0. The van der Waals surface area contributed by atoms with Crippen molar-refractivity contribution in [2.24, 2.45) is 26.2 Å². The fourth-order valence-corrected chi connectivity index (χ4v) is 2.43. The Morgan fingerprint density at radius 1 is 0.654 bits per heavy atom. The molecule has 0 radical (unpaired) electrons. The molecule has 0 spiro atoms. The van der Waals surface area contributed by atoms with Crippen molar-refractivity contribution in [1.29, 1.82) is 0 Å². The zero-order chi connectivity index (χ0) is 19.7. The summed E-state index contributed by atoms with van der Waals surface area (Å²) in [6.07, 6.45) is 2.38. The van der Waals surface area contributed by atoms with Gasteiger partial charge < -0.3 is 9.47 Å². The minimum atomic E-state index is -0.503. The van der Waals surface area contributed by atoms with E-state index in [1.807, 2.05) is 6.92 Å². The summed E-state index contributed by atoms with van der Waals surface area (Å²) in [6.45, 7) is 8.46. The molecule has 0 heterocycles. The highest BCUT2D eigenvalue weighted by molar-refractivity contribution is 4.83. The molecule has 0 aromatic rings. The Balaban J connectivity index is 4.44. The number of rotatable bonds is 16. The lowest BCUT2D eigenvalue weighted by Crippen LogP contribution is -2.34. The lowest BCUT2D eigenvalue weighted by atomic mass is 9.83. The highest BCUT2D eigenvalue weighted by atomic mass is 16.5. The Labute approximate surface area is 153 Å². The summed E-state index contributed by atoms with van der Waals surface area (Å²) in [4.78, 5) is 8.40. The number of azide groups is 3. The Morgan fingerprint density at radius 2 is 1.00 bits per heavy atom. The third-order valence-electron chi connectivity index (χ3n) is 4.85. The van der Waals surface area contributed by atoms with Gasteiger partial charge in [0.15, 0.2) is 0 Å². The Bertz CT molecular complexity index is 511. The second kappa shape index (κ2) is 14.1. The van der Waals surface area contributed by atoms with Gasteiger partial charge in [-0.1, -0.05) is 36.1 Å². The van der Waals surface area contributed by atoms with Crippen molar-refractivity contribution in [3.05, 3.63) is 31.3 Å². The van der Waals surface area contributed by atoms with Crippen LogP contribution in [0, 0.1) is 10.8 Å². The van der Waals surface area contributed by atoms with Gasteiger partial charge in [0.25, 0.3) is 0 Å². The lowest BCUT2D eigenvalue weighted by molar-refractivity contribution is -0.0163. The minimum absolute atomic E-state index is 0.150. The molecule has 0 aromatic carbocycles. The molecular weight excluding hydrogens is 338 g/mol. The highest BCUT2D eigenvalue weighted by Crippen LogP contribution is 2.27. The van der Waals surface area contributed by atoms with Crippen LogP contribution in [0.15, 0.2) is 15.3 Å². The maximum Gasteiger partial charge on any atom is 0.0700 e. The molecule has 0 rings (SSSR count). The molecule has 11 heteroatoms. The van der Waals surface area contributed by atoms with Crippen molar-refractivity contribution in [2.45, 2.75) is 40.0 Å². The van der Waals surface area contributed by atoms with Crippen molar-refractivity contribution in [2.75, 3.05) is 46.1 Å². The van der Waals surface area contributed by atoms with E-state index in [0.717, 1.165) is 12.8 Å². The molecular formula is C15H29N9O2. The maximum absolute atomic E-state index is 8.54. The van der Waals surface area contributed by atoms with E-state index >= 15 is 0 Å². The Morgan fingerprint density at radius 3 is 1.35 bits per heavy atom. The molecule has 0 unspecified atom stereocenters. The average molecular weight is 367 g/mol. The van der Waals surface area contributed by atoms with Crippen molar-refractivity contribution < 1.29 is 9.47 Å².